The van der Waals surface area contributed by atoms with Crippen molar-refractivity contribution in [3.05, 3.63) is 36.3 Å². The molecule has 5 heteroatoms. The minimum absolute atomic E-state index is 0.208. The highest BCUT2D eigenvalue weighted by molar-refractivity contribution is 5.78. The van der Waals surface area contributed by atoms with Crippen molar-refractivity contribution in [3.8, 4) is 0 Å². The van der Waals surface area contributed by atoms with Crippen LogP contribution in [0.25, 0.3) is 0 Å². The molecule has 1 radical (unpaired) electrons. The maximum atomic E-state index is 12.0. The second-order valence-corrected chi connectivity index (χ2v) is 4.30. The summed E-state index contributed by atoms with van der Waals surface area (Å²) in [4.78, 5) is 24.4. The van der Waals surface area contributed by atoms with Crippen LogP contribution in [0.1, 0.15) is 32.4 Å². The molecule has 0 aliphatic rings. The van der Waals surface area contributed by atoms with Gasteiger partial charge in [-0.2, -0.15) is 0 Å². The van der Waals surface area contributed by atoms with E-state index in [1.165, 1.54) is 11.2 Å². The molecule has 109 valence electrons. The Morgan fingerprint density at radius 1 is 1.60 bits per heavy atom. The number of rotatable bonds is 9. The van der Waals surface area contributed by atoms with E-state index < -0.39 is 12.0 Å². The van der Waals surface area contributed by atoms with Crippen LogP contribution in [0.5, 0.6) is 0 Å². The number of hydrogen-bond acceptors (Lipinski definition) is 4. The number of nitrogens with zero attached hydrogens (tertiary/aromatic N) is 1. The van der Waals surface area contributed by atoms with E-state index in [2.05, 4.69) is 0 Å². The monoisotopic (exact) mass is 278 g/mol. The summed E-state index contributed by atoms with van der Waals surface area (Å²) in [5.41, 5.74) is 0. The summed E-state index contributed by atoms with van der Waals surface area (Å²) in [6.07, 6.45) is 8.16. The largest absolute Gasteiger partial charge is 0.467 e. The van der Waals surface area contributed by atoms with Crippen molar-refractivity contribution in [1.82, 2.24) is 4.90 Å². The van der Waals surface area contributed by atoms with Gasteiger partial charge in [-0.3, -0.25) is 4.79 Å². The minimum atomic E-state index is -0.632. The highest BCUT2D eigenvalue weighted by atomic mass is 16.5. The van der Waals surface area contributed by atoms with Gasteiger partial charge < -0.3 is 14.1 Å². The number of furan rings is 1. The Balaban J connectivity index is 2.69. The van der Waals surface area contributed by atoms with Crippen LogP contribution in [0.4, 0.5) is 0 Å². The number of esters is 1. The van der Waals surface area contributed by atoms with Gasteiger partial charge in [0.05, 0.1) is 12.8 Å². The maximum absolute atomic E-state index is 12.0. The topological polar surface area (TPSA) is 59.8 Å². The van der Waals surface area contributed by atoms with Gasteiger partial charge in [0.15, 0.2) is 0 Å². The van der Waals surface area contributed by atoms with Gasteiger partial charge in [0.25, 0.3) is 0 Å². The van der Waals surface area contributed by atoms with Crippen molar-refractivity contribution in [2.45, 2.75) is 39.3 Å². The van der Waals surface area contributed by atoms with Crippen molar-refractivity contribution < 1.29 is 18.7 Å². The Kier molecular flexibility index (Phi) is 7.17. The summed E-state index contributed by atoms with van der Waals surface area (Å²) in [5, 5.41) is 0. The van der Waals surface area contributed by atoms with Crippen molar-refractivity contribution in [3.63, 3.8) is 0 Å². The number of carbonyl (C=O) groups is 1. The standard InChI is InChI=1S/C15H20NO4/c1-3-5-9-20-15(18)14(7-4-2)16(12-17)11-13-8-6-10-19-13/h3,5-6,8,10,14H,4,7,9,11H2,1-2H3/b5-3+. The Bertz CT molecular complexity index is 425. The van der Waals surface area contributed by atoms with Crippen LogP contribution in [0.3, 0.4) is 0 Å². The molecule has 0 aromatic carbocycles. The van der Waals surface area contributed by atoms with E-state index in [-0.39, 0.29) is 13.2 Å². The van der Waals surface area contributed by atoms with E-state index in [1.54, 1.807) is 30.7 Å². The van der Waals surface area contributed by atoms with Gasteiger partial charge in [-0.25, -0.2) is 4.79 Å². The van der Waals surface area contributed by atoms with Gasteiger partial charge in [-0.15, -0.1) is 0 Å². The smallest absolute Gasteiger partial charge is 0.329 e. The molecule has 1 rings (SSSR count). The van der Waals surface area contributed by atoms with Gasteiger partial charge >= 0.3 is 12.4 Å². The molecular weight excluding hydrogens is 258 g/mol. The summed E-state index contributed by atoms with van der Waals surface area (Å²) in [6.45, 7) is 4.21. The van der Waals surface area contributed by atoms with Gasteiger partial charge in [0, 0.05) is 0 Å². The van der Waals surface area contributed by atoms with Crippen LogP contribution < -0.4 is 0 Å². The van der Waals surface area contributed by atoms with Crippen molar-refractivity contribution in [1.29, 1.82) is 0 Å². The van der Waals surface area contributed by atoms with E-state index in [0.29, 0.717) is 12.2 Å². The lowest BCUT2D eigenvalue weighted by atomic mass is 10.1. The Morgan fingerprint density at radius 2 is 2.40 bits per heavy atom. The minimum Gasteiger partial charge on any atom is -0.467 e. The first-order valence-electron chi connectivity index (χ1n) is 6.67. The van der Waals surface area contributed by atoms with Crippen LogP contribution in [-0.4, -0.2) is 29.9 Å². The molecule has 0 saturated heterocycles. The third kappa shape index (κ3) is 4.91. The fourth-order valence-corrected chi connectivity index (χ4v) is 1.77. The van der Waals surface area contributed by atoms with Gasteiger partial charge in [-0.1, -0.05) is 25.5 Å². The SMILES string of the molecule is C/C=C/COC(=O)C(CCC)N([C]=O)Cc1ccco1. The molecule has 0 spiro atoms. The van der Waals surface area contributed by atoms with Crippen LogP contribution in [0.15, 0.2) is 35.0 Å². The number of amides is 1. The molecule has 1 atom stereocenters. The fraction of sp³-hybridized carbons (Fsp3) is 0.467. The maximum Gasteiger partial charge on any atom is 0.329 e. The summed E-state index contributed by atoms with van der Waals surface area (Å²) in [5.74, 6) is 0.190. The Hall–Kier alpha value is -2.04. The average molecular weight is 278 g/mol. The molecule has 1 heterocycles. The average Bonchev–Trinajstić information content (AvgIpc) is 2.95. The predicted octanol–water partition coefficient (Wildman–Crippen LogP) is 2.44. The first-order valence-corrected chi connectivity index (χ1v) is 6.67. The molecule has 5 nitrogen and oxygen atoms in total. The number of carbonyl (C=O) groups excluding carboxylic acids is 2. The highest BCUT2D eigenvalue weighted by Gasteiger charge is 2.26. The highest BCUT2D eigenvalue weighted by Crippen LogP contribution is 2.13. The summed E-state index contributed by atoms with van der Waals surface area (Å²) >= 11 is 0. The number of allylic oxidation sites excluding steroid dienone is 1. The molecule has 1 aromatic rings. The Labute approximate surface area is 119 Å². The van der Waals surface area contributed by atoms with Gasteiger partial charge in [0.1, 0.15) is 18.4 Å². The molecule has 0 saturated carbocycles. The first-order chi connectivity index (χ1) is 9.72. The first kappa shape index (κ1) is 16.0. The third-order valence-corrected chi connectivity index (χ3v) is 2.79. The molecular formula is C15H20NO4. The van der Waals surface area contributed by atoms with E-state index in [0.717, 1.165) is 6.42 Å². The lowest BCUT2D eigenvalue weighted by Gasteiger charge is -2.24. The molecule has 0 fully saturated rings. The quantitative estimate of drug-likeness (QED) is 0.395. The van der Waals surface area contributed by atoms with Crippen LogP contribution in [0.2, 0.25) is 0 Å². The van der Waals surface area contributed by atoms with Crippen LogP contribution in [-0.2, 0) is 20.9 Å². The second-order valence-electron chi connectivity index (χ2n) is 4.30. The van der Waals surface area contributed by atoms with E-state index in [1.807, 2.05) is 13.8 Å². The summed E-state index contributed by atoms with van der Waals surface area (Å²) in [6, 6.07) is 2.85. The van der Waals surface area contributed by atoms with Gasteiger partial charge in [0.2, 0.25) is 0 Å². The molecule has 0 N–H and O–H groups in total. The molecule has 0 aliphatic carbocycles. The molecule has 1 unspecified atom stereocenters. The van der Waals surface area contributed by atoms with E-state index >= 15 is 0 Å². The summed E-state index contributed by atoms with van der Waals surface area (Å²) in [7, 11) is 0. The molecule has 0 aliphatic heterocycles. The predicted molar refractivity (Wildman–Crippen MR) is 74.4 cm³/mol. The van der Waals surface area contributed by atoms with Crippen molar-refractivity contribution in [2.24, 2.45) is 0 Å². The molecule has 1 amide bonds. The van der Waals surface area contributed by atoms with Crippen LogP contribution in [0, 0.1) is 0 Å². The summed E-state index contributed by atoms with van der Waals surface area (Å²) < 4.78 is 10.3. The lowest BCUT2D eigenvalue weighted by Crippen LogP contribution is -2.41. The van der Waals surface area contributed by atoms with Gasteiger partial charge in [-0.05, 0) is 25.5 Å². The van der Waals surface area contributed by atoms with E-state index in [9.17, 15) is 9.59 Å². The zero-order valence-electron chi connectivity index (χ0n) is 11.9. The van der Waals surface area contributed by atoms with Crippen molar-refractivity contribution >= 4 is 12.4 Å². The zero-order valence-corrected chi connectivity index (χ0v) is 11.9. The normalized spacial score (nSPS) is 12.3. The zero-order chi connectivity index (χ0) is 14.8. The van der Waals surface area contributed by atoms with Crippen LogP contribution >= 0.6 is 0 Å². The molecule has 0 bridgehead atoms. The van der Waals surface area contributed by atoms with Crippen molar-refractivity contribution in [2.75, 3.05) is 6.61 Å². The number of hydrogen-bond donors (Lipinski definition) is 0. The second kappa shape index (κ2) is 8.96. The third-order valence-electron chi connectivity index (χ3n) is 2.79. The fourth-order valence-electron chi connectivity index (χ4n) is 1.77. The molecule has 1 aromatic heterocycles. The lowest BCUT2D eigenvalue weighted by molar-refractivity contribution is -0.147. The Morgan fingerprint density at radius 3 is 2.95 bits per heavy atom. The number of ether oxygens (including phenoxy) is 1. The molecule has 20 heavy (non-hydrogen) atoms. The van der Waals surface area contributed by atoms with E-state index in [4.69, 9.17) is 9.15 Å².